The summed E-state index contributed by atoms with van der Waals surface area (Å²) in [6, 6.07) is 11.2. The molecule has 0 radical (unpaired) electrons. The number of nitriles is 1. The highest BCUT2D eigenvalue weighted by molar-refractivity contribution is 5.50. The maximum atomic E-state index is 12.4. The Kier molecular flexibility index (Phi) is 5.67. The van der Waals surface area contributed by atoms with E-state index in [1.54, 1.807) is 12.1 Å². The standard InChI is InChI=1S/C20H17F3N6O3/c21-20(22,23)31-14-3-1-13(2-4-14)19(12-24)7-9-29(10-8-19)17-6-5-15(26-27-17)18-25-16(11-30)28-32-18/h1-6,30H,7-11H2. The van der Waals surface area contributed by atoms with Crippen molar-refractivity contribution < 1.29 is 27.5 Å². The number of ether oxygens (including phenoxy) is 1. The monoisotopic (exact) mass is 446 g/mol. The third-order valence-corrected chi connectivity index (χ3v) is 5.27. The lowest BCUT2D eigenvalue weighted by atomic mass is 9.74. The van der Waals surface area contributed by atoms with Crippen LogP contribution in [-0.4, -0.2) is 44.9 Å². The number of benzene rings is 1. The molecule has 9 nitrogen and oxygen atoms in total. The van der Waals surface area contributed by atoms with E-state index in [0.717, 1.165) is 0 Å². The highest BCUT2D eigenvalue weighted by Crippen LogP contribution is 2.37. The van der Waals surface area contributed by atoms with E-state index in [-0.39, 0.29) is 24.1 Å². The Hall–Kier alpha value is -3.72. The summed E-state index contributed by atoms with van der Waals surface area (Å²) in [5, 5.41) is 30.7. The van der Waals surface area contributed by atoms with Crippen LogP contribution >= 0.6 is 0 Å². The molecule has 0 atom stereocenters. The van der Waals surface area contributed by atoms with Crippen LogP contribution in [0.1, 0.15) is 24.2 Å². The van der Waals surface area contributed by atoms with Crippen LogP contribution in [0.15, 0.2) is 40.9 Å². The van der Waals surface area contributed by atoms with Gasteiger partial charge < -0.3 is 19.3 Å². The number of piperidine rings is 1. The zero-order chi connectivity index (χ0) is 22.8. The predicted octanol–water partition coefficient (Wildman–Crippen LogP) is 2.98. The number of rotatable bonds is 5. The zero-order valence-corrected chi connectivity index (χ0v) is 16.6. The van der Waals surface area contributed by atoms with Crippen molar-refractivity contribution in [2.75, 3.05) is 18.0 Å². The fourth-order valence-electron chi connectivity index (χ4n) is 3.59. The first kappa shape index (κ1) is 21.5. The zero-order valence-electron chi connectivity index (χ0n) is 16.6. The minimum absolute atomic E-state index is 0.146. The van der Waals surface area contributed by atoms with Gasteiger partial charge in [-0.15, -0.1) is 23.4 Å². The Labute approximate surface area is 180 Å². The number of anilines is 1. The lowest BCUT2D eigenvalue weighted by Crippen LogP contribution is -2.42. The first-order chi connectivity index (χ1) is 15.3. The summed E-state index contributed by atoms with van der Waals surface area (Å²) in [6.07, 6.45) is -3.83. The average molecular weight is 446 g/mol. The van der Waals surface area contributed by atoms with E-state index < -0.39 is 11.8 Å². The Morgan fingerprint density at radius 3 is 2.38 bits per heavy atom. The molecule has 2 aromatic heterocycles. The van der Waals surface area contributed by atoms with Gasteiger partial charge in [0.15, 0.2) is 17.3 Å². The van der Waals surface area contributed by atoms with Crippen molar-refractivity contribution in [3.63, 3.8) is 0 Å². The van der Waals surface area contributed by atoms with Gasteiger partial charge in [0, 0.05) is 13.1 Å². The average Bonchev–Trinajstić information content (AvgIpc) is 3.28. The molecule has 1 saturated heterocycles. The number of alkyl halides is 3. The quantitative estimate of drug-likeness (QED) is 0.630. The number of aromatic nitrogens is 4. The Bertz CT molecular complexity index is 1100. The van der Waals surface area contributed by atoms with Gasteiger partial charge in [-0.3, -0.25) is 0 Å². The van der Waals surface area contributed by atoms with Gasteiger partial charge in [0.1, 0.15) is 12.4 Å². The molecule has 0 amide bonds. The molecule has 0 spiro atoms. The second-order valence-corrected chi connectivity index (χ2v) is 7.20. The van der Waals surface area contributed by atoms with Crippen molar-refractivity contribution in [1.29, 1.82) is 5.26 Å². The molecule has 166 valence electrons. The number of aliphatic hydroxyl groups is 1. The van der Waals surface area contributed by atoms with E-state index >= 15 is 0 Å². The van der Waals surface area contributed by atoms with Crippen molar-refractivity contribution in [2.24, 2.45) is 0 Å². The van der Waals surface area contributed by atoms with Gasteiger partial charge in [0.05, 0.1) is 11.5 Å². The Balaban J connectivity index is 1.43. The molecule has 1 N–H and O–H groups in total. The van der Waals surface area contributed by atoms with Crippen LogP contribution in [0, 0.1) is 11.3 Å². The summed E-state index contributed by atoms with van der Waals surface area (Å²) >= 11 is 0. The molecule has 1 aliphatic rings. The summed E-state index contributed by atoms with van der Waals surface area (Å²) < 4.78 is 46.0. The molecular weight excluding hydrogens is 429 g/mol. The molecular formula is C20H17F3N6O3. The minimum atomic E-state index is -4.76. The number of halogens is 3. The summed E-state index contributed by atoms with van der Waals surface area (Å²) in [7, 11) is 0. The van der Waals surface area contributed by atoms with Crippen molar-refractivity contribution in [3.8, 4) is 23.4 Å². The Morgan fingerprint density at radius 2 is 1.84 bits per heavy atom. The molecule has 1 fully saturated rings. The lowest BCUT2D eigenvalue weighted by Gasteiger charge is -2.38. The fraction of sp³-hybridized carbons (Fsp3) is 0.350. The molecule has 1 aliphatic heterocycles. The molecule has 12 heteroatoms. The van der Waals surface area contributed by atoms with Crippen LogP contribution in [0.5, 0.6) is 5.75 Å². The molecule has 0 bridgehead atoms. The van der Waals surface area contributed by atoms with E-state index in [1.165, 1.54) is 24.3 Å². The van der Waals surface area contributed by atoms with E-state index in [2.05, 4.69) is 31.1 Å². The number of aliphatic hydroxyl groups excluding tert-OH is 1. The normalized spacial score (nSPS) is 15.9. The molecule has 3 aromatic rings. The van der Waals surface area contributed by atoms with E-state index in [4.69, 9.17) is 9.63 Å². The fourth-order valence-corrected chi connectivity index (χ4v) is 3.59. The second kappa shape index (κ2) is 8.43. The maximum Gasteiger partial charge on any atom is 0.573 e. The third-order valence-electron chi connectivity index (χ3n) is 5.27. The minimum Gasteiger partial charge on any atom is -0.406 e. The number of hydrogen-bond acceptors (Lipinski definition) is 9. The molecule has 4 rings (SSSR count). The van der Waals surface area contributed by atoms with E-state index in [0.29, 0.717) is 43.0 Å². The highest BCUT2D eigenvalue weighted by Gasteiger charge is 2.37. The lowest BCUT2D eigenvalue weighted by molar-refractivity contribution is -0.274. The molecule has 0 unspecified atom stereocenters. The van der Waals surface area contributed by atoms with Crippen molar-refractivity contribution >= 4 is 5.82 Å². The first-order valence-electron chi connectivity index (χ1n) is 9.62. The van der Waals surface area contributed by atoms with Gasteiger partial charge in [0.2, 0.25) is 0 Å². The molecule has 1 aromatic carbocycles. The number of hydrogen-bond donors (Lipinski definition) is 1. The second-order valence-electron chi connectivity index (χ2n) is 7.20. The SMILES string of the molecule is N#CC1(c2ccc(OC(F)(F)F)cc2)CCN(c2ccc(-c3nc(CO)no3)nn2)CC1. The molecule has 3 heterocycles. The van der Waals surface area contributed by atoms with Crippen LogP contribution < -0.4 is 9.64 Å². The number of nitrogens with zero attached hydrogens (tertiary/aromatic N) is 6. The van der Waals surface area contributed by atoms with Crippen LogP contribution in [0.25, 0.3) is 11.6 Å². The van der Waals surface area contributed by atoms with Gasteiger partial charge in [-0.1, -0.05) is 17.3 Å². The molecule has 0 saturated carbocycles. The summed E-state index contributed by atoms with van der Waals surface area (Å²) in [6.45, 7) is 0.677. The largest absolute Gasteiger partial charge is 0.573 e. The highest BCUT2D eigenvalue weighted by atomic mass is 19.4. The smallest absolute Gasteiger partial charge is 0.406 e. The van der Waals surface area contributed by atoms with Crippen LogP contribution in [0.3, 0.4) is 0 Å². The third kappa shape index (κ3) is 4.47. The summed E-state index contributed by atoms with van der Waals surface area (Å²) in [5.74, 6) is 0.576. The van der Waals surface area contributed by atoms with Crippen molar-refractivity contribution in [3.05, 3.63) is 47.8 Å². The Morgan fingerprint density at radius 1 is 1.12 bits per heavy atom. The topological polar surface area (TPSA) is 121 Å². The van der Waals surface area contributed by atoms with Crippen LogP contribution in [0.2, 0.25) is 0 Å². The van der Waals surface area contributed by atoms with Gasteiger partial charge in [-0.2, -0.15) is 10.2 Å². The van der Waals surface area contributed by atoms with Crippen molar-refractivity contribution in [1.82, 2.24) is 20.3 Å². The summed E-state index contributed by atoms with van der Waals surface area (Å²) in [4.78, 5) is 5.95. The van der Waals surface area contributed by atoms with E-state index in [9.17, 15) is 18.4 Å². The predicted molar refractivity (Wildman–Crippen MR) is 103 cm³/mol. The van der Waals surface area contributed by atoms with E-state index in [1.807, 2.05) is 4.90 Å². The van der Waals surface area contributed by atoms with Crippen LogP contribution in [0.4, 0.5) is 19.0 Å². The van der Waals surface area contributed by atoms with Crippen LogP contribution in [-0.2, 0) is 12.0 Å². The van der Waals surface area contributed by atoms with Gasteiger partial charge >= 0.3 is 6.36 Å². The molecule has 0 aliphatic carbocycles. The maximum absolute atomic E-state index is 12.4. The summed E-state index contributed by atoms with van der Waals surface area (Å²) in [5.41, 5.74) is 0.197. The molecule has 32 heavy (non-hydrogen) atoms. The first-order valence-corrected chi connectivity index (χ1v) is 9.62. The van der Waals surface area contributed by atoms with Crippen molar-refractivity contribution in [2.45, 2.75) is 31.2 Å². The van der Waals surface area contributed by atoms with Gasteiger partial charge in [0.25, 0.3) is 5.89 Å². The van der Waals surface area contributed by atoms with Gasteiger partial charge in [-0.05, 0) is 42.7 Å². The van der Waals surface area contributed by atoms with Gasteiger partial charge in [-0.25, -0.2) is 0 Å².